The monoisotopic (exact) mass is 330 g/mol. The molecule has 2 aliphatic rings. The zero-order valence-corrected chi connectivity index (χ0v) is 13.8. The summed E-state index contributed by atoms with van der Waals surface area (Å²) in [6.07, 6.45) is 1.21. The predicted molar refractivity (Wildman–Crippen MR) is 88.6 cm³/mol. The highest BCUT2D eigenvalue weighted by Crippen LogP contribution is 2.28. The molecule has 0 saturated carbocycles. The maximum absolute atomic E-state index is 12.7. The standard InChI is InChI=1S/C18H22N2O4/c1-12-2-4-15(5-3-12)20-11-14(10-16(20)21)17(22)19-8-6-13(7-9-19)18(23)24/h2-5,13-14H,6-11H2,1H3,(H,23,24)/t14-/m0/s1. The molecule has 0 bridgehead atoms. The van der Waals surface area contributed by atoms with E-state index in [1.54, 1.807) is 9.80 Å². The molecule has 2 amide bonds. The average Bonchev–Trinajstić information content (AvgIpc) is 2.97. The number of hydrogen-bond acceptors (Lipinski definition) is 3. The quantitative estimate of drug-likeness (QED) is 0.914. The number of nitrogens with zero attached hydrogens (tertiary/aromatic N) is 2. The molecule has 0 radical (unpaired) electrons. The zero-order chi connectivity index (χ0) is 17.3. The van der Waals surface area contributed by atoms with Crippen LogP contribution in [-0.4, -0.2) is 47.4 Å². The molecular weight excluding hydrogens is 308 g/mol. The van der Waals surface area contributed by atoms with Crippen LogP contribution in [0, 0.1) is 18.8 Å². The van der Waals surface area contributed by atoms with Gasteiger partial charge in [0.1, 0.15) is 0 Å². The van der Waals surface area contributed by atoms with Crippen LogP contribution in [0.3, 0.4) is 0 Å². The Kier molecular flexibility index (Phi) is 4.55. The lowest BCUT2D eigenvalue weighted by Crippen LogP contribution is -2.43. The summed E-state index contributed by atoms with van der Waals surface area (Å²) >= 11 is 0. The van der Waals surface area contributed by atoms with Crippen LogP contribution < -0.4 is 4.90 Å². The Bertz CT molecular complexity index is 647. The molecule has 1 atom stereocenters. The lowest BCUT2D eigenvalue weighted by Gasteiger charge is -2.31. The summed E-state index contributed by atoms with van der Waals surface area (Å²) in [5.41, 5.74) is 1.95. The van der Waals surface area contributed by atoms with Gasteiger partial charge in [0.25, 0.3) is 0 Å². The molecule has 3 rings (SSSR count). The first-order chi connectivity index (χ1) is 11.5. The van der Waals surface area contributed by atoms with E-state index in [1.165, 1.54) is 0 Å². The second-order valence-electron chi connectivity index (χ2n) is 6.68. The third-order valence-electron chi connectivity index (χ3n) is 4.98. The average molecular weight is 330 g/mol. The van der Waals surface area contributed by atoms with Crippen LogP contribution in [0.5, 0.6) is 0 Å². The molecule has 0 unspecified atom stereocenters. The summed E-state index contributed by atoms with van der Waals surface area (Å²) in [6, 6.07) is 7.71. The molecule has 24 heavy (non-hydrogen) atoms. The molecule has 1 aromatic rings. The van der Waals surface area contributed by atoms with Gasteiger partial charge in [0.05, 0.1) is 11.8 Å². The Labute approximate surface area is 141 Å². The minimum absolute atomic E-state index is 0.0261. The third-order valence-corrected chi connectivity index (χ3v) is 4.98. The van der Waals surface area contributed by atoms with Crippen molar-refractivity contribution in [2.24, 2.45) is 11.8 Å². The number of anilines is 1. The van der Waals surface area contributed by atoms with E-state index in [9.17, 15) is 14.4 Å². The van der Waals surface area contributed by atoms with Gasteiger partial charge in [0.15, 0.2) is 0 Å². The Morgan fingerprint density at radius 3 is 2.29 bits per heavy atom. The minimum atomic E-state index is -0.788. The lowest BCUT2D eigenvalue weighted by atomic mass is 9.95. The largest absolute Gasteiger partial charge is 0.481 e. The molecule has 6 nitrogen and oxygen atoms in total. The SMILES string of the molecule is Cc1ccc(N2C[C@@H](C(=O)N3CCC(C(=O)O)CC3)CC2=O)cc1. The first-order valence-electron chi connectivity index (χ1n) is 8.34. The fourth-order valence-electron chi connectivity index (χ4n) is 3.45. The maximum atomic E-state index is 12.7. The van der Waals surface area contributed by atoms with Gasteiger partial charge in [-0.3, -0.25) is 14.4 Å². The smallest absolute Gasteiger partial charge is 0.306 e. The normalized spacial score (nSPS) is 22.0. The second-order valence-corrected chi connectivity index (χ2v) is 6.68. The Morgan fingerprint density at radius 1 is 1.08 bits per heavy atom. The van der Waals surface area contributed by atoms with Crippen LogP contribution in [0.1, 0.15) is 24.8 Å². The lowest BCUT2D eigenvalue weighted by molar-refractivity contribution is -0.146. The number of rotatable bonds is 3. The zero-order valence-electron chi connectivity index (χ0n) is 13.8. The molecule has 1 aromatic carbocycles. The second kappa shape index (κ2) is 6.63. The van der Waals surface area contributed by atoms with E-state index in [1.807, 2.05) is 31.2 Å². The predicted octanol–water partition coefficient (Wildman–Crippen LogP) is 1.67. The summed E-state index contributed by atoms with van der Waals surface area (Å²) < 4.78 is 0. The van der Waals surface area contributed by atoms with Crippen LogP contribution in [0.4, 0.5) is 5.69 Å². The van der Waals surface area contributed by atoms with Gasteiger partial charge in [0, 0.05) is 31.7 Å². The van der Waals surface area contributed by atoms with Gasteiger partial charge >= 0.3 is 5.97 Å². The molecule has 1 N–H and O–H groups in total. The highest BCUT2D eigenvalue weighted by molar-refractivity contribution is 6.00. The van der Waals surface area contributed by atoms with Gasteiger partial charge in [-0.05, 0) is 31.9 Å². The van der Waals surface area contributed by atoms with Crippen molar-refractivity contribution < 1.29 is 19.5 Å². The number of carbonyl (C=O) groups is 3. The number of amides is 2. The van der Waals surface area contributed by atoms with Crippen molar-refractivity contribution in [2.45, 2.75) is 26.2 Å². The molecule has 2 aliphatic heterocycles. The number of aliphatic carboxylic acids is 1. The number of likely N-dealkylation sites (tertiary alicyclic amines) is 1. The van der Waals surface area contributed by atoms with Crippen LogP contribution in [0.25, 0.3) is 0 Å². The fourth-order valence-corrected chi connectivity index (χ4v) is 3.45. The minimum Gasteiger partial charge on any atom is -0.481 e. The highest BCUT2D eigenvalue weighted by Gasteiger charge is 2.38. The number of benzene rings is 1. The number of hydrogen-bond donors (Lipinski definition) is 1. The topological polar surface area (TPSA) is 77.9 Å². The van der Waals surface area contributed by atoms with Crippen molar-refractivity contribution in [3.05, 3.63) is 29.8 Å². The fraction of sp³-hybridized carbons (Fsp3) is 0.500. The van der Waals surface area contributed by atoms with Crippen LogP contribution in [0.2, 0.25) is 0 Å². The van der Waals surface area contributed by atoms with E-state index in [2.05, 4.69) is 0 Å². The Hall–Kier alpha value is -2.37. The molecule has 0 aliphatic carbocycles. The number of piperidine rings is 1. The molecule has 2 fully saturated rings. The van der Waals surface area contributed by atoms with Gasteiger partial charge in [-0.1, -0.05) is 17.7 Å². The maximum Gasteiger partial charge on any atom is 0.306 e. The van der Waals surface area contributed by atoms with Crippen LogP contribution in [-0.2, 0) is 14.4 Å². The molecule has 2 heterocycles. The number of aryl methyl sites for hydroxylation is 1. The summed E-state index contributed by atoms with van der Waals surface area (Å²) in [7, 11) is 0. The van der Waals surface area contributed by atoms with Gasteiger partial charge in [-0.25, -0.2) is 0 Å². The van der Waals surface area contributed by atoms with E-state index in [0.29, 0.717) is 32.5 Å². The summed E-state index contributed by atoms with van der Waals surface area (Å²) in [6.45, 7) is 3.32. The van der Waals surface area contributed by atoms with Crippen molar-refractivity contribution in [3.63, 3.8) is 0 Å². The van der Waals surface area contributed by atoms with Crippen molar-refractivity contribution in [1.29, 1.82) is 0 Å². The van der Waals surface area contributed by atoms with Crippen molar-refractivity contribution in [2.75, 3.05) is 24.5 Å². The molecule has 2 saturated heterocycles. The van der Waals surface area contributed by atoms with Gasteiger partial charge in [-0.2, -0.15) is 0 Å². The Balaban J connectivity index is 1.62. The number of carboxylic acids is 1. The van der Waals surface area contributed by atoms with Gasteiger partial charge in [0.2, 0.25) is 11.8 Å². The van der Waals surface area contributed by atoms with Crippen molar-refractivity contribution in [3.8, 4) is 0 Å². The van der Waals surface area contributed by atoms with Gasteiger partial charge in [-0.15, -0.1) is 0 Å². The summed E-state index contributed by atoms with van der Waals surface area (Å²) in [5, 5.41) is 9.03. The molecule has 0 aromatic heterocycles. The highest BCUT2D eigenvalue weighted by atomic mass is 16.4. The number of carbonyl (C=O) groups excluding carboxylic acids is 2. The van der Waals surface area contributed by atoms with E-state index >= 15 is 0 Å². The van der Waals surface area contributed by atoms with E-state index in [4.69, 9.17) is 5.11 Å². The first-order valence-corrected chi connectivity index (χ1v) is 8.34. The van der Waals surface area contributed by atoms with E-state index < -0.39 is 5.97 Å². The molecule has 0 spiro atoms. The van der Waals surface area contributed by atoms with Crippen molar-refractivity contribution >= 4 is 23.5 Å². The first kappa shape index (κ1) is 16.5. The van der Waals surface area contributed by atoms with E-state index in [-0.39, 0.29) is 30.1 Å². The summed E-state index contributed by atoms with van der Waals surface area (Å²) in [4.78, 5) is 39.3. The van der Waals surface area contributed by atoms with Gasteiger partial charge < -0.3 is 14.9 Å². The summed E-state index contributed by atoms with van der Waals surface area (Å²) in [5.74, 6) is -1.54. The molecular formula is C18H22N2O4. The number of carboxylic acid groups (broad SMARTS) is 1. The van der Waals surface area contributed by atoms with Crippen LogP contribution >= 0.6 is 0 Å². The third kappa shape index (κ3) is 3.27. The Morgan fingerprint density at radius 2 is 1.71 bits per heavy atom. The molecule has 128 valence electrons. The molecule has 6 heteroatoms. The van der Waals surface area contributed by atoms with E-state index in [0.717, 1.165) is 11.3 Å². The van der Waals surface area contributed by atoms with Crippen LogP contribution in [0.15, 0.2) is 24.3 Å². The van der Waals surface area contributed by atoms with Crippen molar-refractivity contribution in [1.82, 2.24) is 4.90 Å².